The van der Waals surface area contributed by atoms with Gasteiger partial charge in [-0.1, -0.05) is 32.0 Å². The number of aryl methyl sites for hydroxylation is 1. The van der Waals surface area contributed by atoms with Crippen molar-refractivity contribution in [2.75, 3.05) is 25.0 Å². The van der Waals surface area contributed by atoms with Crippen molar-refractivity contribution in [3.05, 3.63) is 64.7 Å². The first-order valence-electron chi connectivity index (χ1n) is 10.7. The quantitative estimate of drug-likeness (QED) is 0.732. The van der Waals surface area contributed by atoms with E-state index in [9.17, 15) is 9.59 Å². The number of nitriles is 1. The van der Waals surface area contributed by atoms with Crippen LogP contribution in [0.3, 0.4) is 0 Å². The van der Waals surface area contributed by atoms with Gasteiger partial charge in [-0.3, -0.25) is 10.1 Å². The third kappa shape index (κ3) is 5.85. The highest BCUT2D eigenvalue weighted by atomic mass is 16.5. The number of rotatable bonds is 5. The lowest BCUT2D eigenvalue weighted by molar-refractivity contribution is 0.0712. The van der Waals surface area contributed by atoms with Crippen molar-refractivity contribution in [2.24, 2.45) is 5.92 Å². The SMILES string of the molecule is Cc1ccc(NC(=O)OCC(C)C)cc1C(=O)N1CCC(c2ccc(C#N)cc2)CC1. The van der Waals surface area contributed by atoms with Crippen molar-refractivity contribution >= 4 is 17.7 Å². The molecule has 2 aromatic carbocycles. The van der Waals surface area contributed by atoms with Crippen molar-refractivity contribution in [3.8, 4) is 6.07 Å². The van der Waals surface area contributed by atoms with Crippen molar-refractivity contribution in [3.63, 3.8) is 0 Å². The van der Waals surface area contributed by atoms with E-state index in [1.54, 1.807) is 12.1 Å². The maximum absolute atomic E-state index is 13.1. The third-order valence-electron chi connectivity index (χ3n) is 5.56. The molecule has 0 unspecified atom stereocenters. The fraction of sp³-hybridized carbons (Fsp3) is 0.400. The van der Waals surface area contributed by atoms with Crippen LogP contribution in [-0.4, -0.2) is 36.6 Å². The zero-order chi connectivity index (χ0) is 22.4. The lowest BCUT2D eigenvalue weighted by atomic mass is 9.88. The van der Waals surface area contributed by atoms with E-state index in [0.717, 1.165) is 18.4 Å². The molecular weight excluding hydrogens is 390 g/mol. The summed E-state index contributed by atoms with van der Waals surface area (Å²) in [7, 11) is 0. The second kappa shape index (κ2) is 10.1. The molecule has 2 aromatic rings. The van der Waals surface area contributed by atoms with E-state index in [0.29, 0.717) is 42.4 Å². The van der Waals surface area contributed by atoms with E-state index in [4.69, 9.17) is 10.00 Å². The number of anilines is 1. The van der Waals surface area contributed by atoms with Crippen LogP contribution >= 0.6 is 0 Å². The van der Waals surface area contributed by atoms with Crippen LogP contribution in [0.4, 0.5) is 10.5 Å². The van der Waals surface area contributed by atoms with E-state index in [-0.39, 0.29) is 11.8 Å². The molecule has 0 spiro atoms. The van der Waals surface area contributed by atoms with Gasteiger partial charge in [0.25, 0.3) is 5.91 Å². The molecule has 0 atom stereocenters. The Balaban J connectivity index is 1.62. The molecule has 3 rings (SSSR count). The van der Waals surface area contributed by atoms with Crippen LogP contribution in [0.1, 0.15) is 59.7 Å². The minimum atomic E-state index is -0.515. The molecule has 0 bridgehead atoms. The topological polar surface area (TPSA) is 82.4 Å². The Morgan fingerprint density at radius 1 is 1.16 bits per heavy atom. The first kappa shape index (κ1) is 22.4. The minimum Gasteiger partial charge on any atom is -0.449 e. The van der Waals surface area contributed by atoms with E-state index in [2.05, 4.69) is 11.4 Å². The molecule has 1 heterocycles. The van der Waals surface area contributed by atoms with E-state index < -0.39 is 6.09 Å². The Labute approximate surface area is 183 Å². The Hall–Kier alpha value is -3.33. The first-order chi connectivity index (χ1) is 14.9. The molecule has 1 aliphatic rings. The van der Waals surface area contributed by atoms with Gasteiger partial charge in [-0.15, -0.1) is 0 Å². The molecule has 0 radical (unpaired) electrons. The zero-order valence-corrected chi connectivity index (χ0v) is 18.4. The number of piperidine rings is 1. The molecule has 1 fully saturated rings. The molecule has 2 amide bonds. The van der Waals surface area contributed by atoms with Gasteiger partial charge >= 0.3 is 6.09 Å². The highest BCUT2D eigenvalue weighted by Crippen LogP contribution is 2.29. The van der Waals surface area contributed by atoms with E-state index in [1.165, 1.54) is 5.56 Å². The first-order valence-corrected chi connectivity index (χ1v) is 10.7. The van der Waals surface area contributed by atoms with Gasteiger partial charge in [-0.2, -0.15) is 5.26 Å². The minimum absolute atomic E-state index is 0.0185. The fourth-order valence-corrected chi connectivity index (χ4v) is 3.74. The van der Waals surface area contributed by atoms with Crippen molar-refractivity contribution in [2.45, 2.75) is 39.5 Å². The van der Waals surface area contributed by atoms with Crippen LogP contribution in [0.2, 0.25) is 0 Å². The standard InChI is InChI=1S/C25H29N3O3/c1-17(2)16-31-25(30)27-22-9-4-18(3)23(14-22)24(29)28-12-10-21(11-13-28)20-7-5-19(15-26)6-8-20/h4-9,14,17,21H,10-13,16H2,1-3H3,(H,27,30). The number of ether oxygens (including phenoxy) is 1. The number of amides is 2. The zero-order valence-electron chi connectivity index (χ0n) is 18.4. The normalized spacial score (nSPS) is 14.2. The molecule has 1 N–H and O–H groups in total. The van der Waals surface area contributed by atoms with Gasteiger partial charge < -0.3 is 9.64 Å². The summed E-state index contributed by atoms with van der Waals surface area (Å²) in [5.74, 6) is 0.629. The predicted molar refractivity (Wildman–Crippen MR) is 120 cm³/mol. The molecule has 1 saturated heterocycles. The summed E-state index contributed by atoms with van der Waals surface area (Å²) in [5, 5.41) is 11.7. The molecule has 0 aliphatic carbocycles. The number of nitrogens with one attached hydrogen (secondary N) is 1. The highest BCUT2D eigenvalue weighted by Gasteiger charge is 2.25. The third-order valence-corrected chi connectivity index (χ3v) is 5.56. The summed E-state index contributed by atoms with van der Waals surface area (Å²) >= 11 is 0. The van der Waals surface area contributed by atoms with Gasteiger partial charge in [-0.25, -0.2) is 4.79 Å². The van der Waals surface area contributed by atoms with E-state index >= 15 is 0 Å². The lowest BCUT2D eigenvalue weighted by Crippen LogP contribution is -2.38. The average Bonchev–Trinajstić information content (AvgIpc) is 2.78. The van der Waals surface area contributed by atoms with Crippen molar-refractivity contribution in [1.82, 2.24) is 4.90 Å². The van der Waals surface area contributed by atoms with Gasteiger partial charge in [-0.05, 0) is 67.0 Å². The molecule has 162 valence electrons. The van der Waals surface area contributed by atoms with Crippen LogP contribution in [0, 0.1) is 24.2 Å². The molecule has 6 heteroatoms. The number of hydrogen-bond acceptors (Lipinski definition) is 4. The predicted octanol–water partition coefficient (Wildman–Crippen LogP) is 5.09. The summed E-state index contributed by atoms with van der Waals surface area (Å²) in [6, 6.07) is 15.2. The molecule has 1 aliphatic heterocycles. The number of benzene rings is 2. The molecule has 0 aromatic heterocycles. The maximum atomic E-state index is 13.1. The fourth-order valence-electron chi connectivity index (χ4n) is 3.74. The van der Waals surface area contributed by atoms with Gasteiger partial charge in [0.2, 0.25) is 0 Å². The molecule has 31 heavy (non-hydrogen) atoms. The Kier molecular flexibility index (Phi) is 7.30. The number of carbonyl (C=O) groups is 2. The van der Waals surface area contributed by atoms with Crippen LogP contribution in [-0.2, 0) is 4.74 Å². The second-order valence-electron chi connectivity index (χ2n) is 8.45. The number of carbonyl (C=O) groups excluding carboxylic acids is 2. The van der Waals surface area contributed by atoms with Gasteiger partial charge in [0.05, 0.1) is 18.2 Å². The number of nitrogens with zero attached hydrogens (tertiary/aromatic N) is 2. The summed E-state index contributed by atoms with van der Waals surface area (Å²) in [6.07, 6.45) is 1.26. The van der Waals surface area contributed by atoms with Crippen LogP contribution in [0.5, 0.6) is 0 Å². The Morgan fingerprint density at radius 2 is 1.84 bits per heavy atom. The van der Waals surface area contributed by atoms with Crippen LogP contribution in [0.15, 0.2) is 42.5 Å². The Morgan fingerprint density at radius 3 is 2.45 bits per heavy atom. The largest absolute Gasteiger partial charge is 0.449 e. The Bertz CT molecular complexity index is 968. The maximum Gasteiger partial charge on any atom is 0.411 e. The molecular formula is C25H29N3O3. The summed E-state index contributed by atoms with van der Waals surface area (Å²) in [4.78, 5) is 27.0. The van der Waals surface area contributed by atoms with E-state index in [1.807, 2.05) is 56.0 Å². The lowest BCUT2D eigenvalue weighted by Gasteiger charge is -2.32. The average molecular weight is 420 g/mol. The van der Waals surface area contributed by atoms with Crippen LogP contribution in [0.25, 0.3) is 0 Å². The smallest absolute Gasteiger partial charge is 0.411 e. The summed E-state index contributed by atoms with van der Waals surface area (Å²) in [5.41, 5.74) is 3.90. The monoisotopic (exact) mass is 419 g/mol. The molecule has 0 saturated carbocycles. The van der Waals surface area contributed by atoms with Crippen molar-refractivity contribution < 1.29 is 14.3 Å². The summed E-state index contributed by atoms with van der Waals surface area (Å²) < 4.78 is 5.16. The van der Waals surface area contributed by atoms with Crippen LogP contribution < -0.4 is 5.32 Å². The number of likely N-dealkylation sites (tertiary alicyclic amines) is 1. The second-order valence-corrected chi connectivity index (χ2v) is 8.45. The summed E-state index contributed by atoms with van der Waals surface area (Å²) in [6.45, 7) is 7.55. The van der Waals surface area contributed by atoms with Gasteiger partial charge in [0, 0.05) is 24.3 Å². The van der Waals surface area contributed by atoms with Crippen molar-refractivity contribution in [1.29, 1.82) is 5.26 Å². The molecule has 6 nitrogen and oxygen atoms in total. The number of hydrogen-bond donors (Lipinski definition) is 1. The highest BCUT2D eigenvalue weighted by molar-refractivity contribution is 5.97. The van der Waals surface area contributed by atoms with Gasteiger partial charge in [0.15, 0.2) is 0 Å². The van der Waals surface area contributed by atoms with Gasteiger partial charge in [0.1, 0.15) is 0 Å².